The number of benzene rings is 1. The zero-order valence-electron chi connectivity index (χ0n) is 10.9. The molecular formula is C16H22O2. The summed E-state index contributed by atoms with van der Waals surface area (Å²) in [6.45, 7) is 0.663. The smallest absolute Gasteiger partial charge is 0.163 e. The molecule has 1 aromatic rings. The van der Waals surface area contributed by atoms with Crippen molar-refractivity contribution < 1.29 is 9.53 Å². The Morgan fingerprint density at radius 3 is 2.44 bits per heavy atom. The highest BCUT2D eigenvalue weighted by atomic mass is 16.6. The summed E-state index contributed by atoms with van der Waals surface area (Å²) < 4.78 is 4.97. The summed E-state index contributed by atoms with van der Waals surface area (Å²) in [6.07, 6.45) is 7.82. The van der Waals surface area contributed by atoms with Crippen molar-refractivity contribution in [1.29, 1.82) is 0 Å². The number of carbonyl (C=O) groups is 1. The van der Waals surface area contributed by atoms with Crippen molar-refractivity contribution in [3.8, 4) is 0 Å². The van der Waals surface area contributed by atoms with E-state index in [2.05, 4.69) is 30.3 Å². The lowest BCUT2D eigenvalue weighted by Crippen LogP contribution is -2.05. The topological polar surface area (TPSA) is 29.6 Å². The number of epoxide rings is 1. The second-order valence-corrected chi connectivity index (χ2v) is 5.04. The highest BCUT2D eigenvalue weighted by Gasteiger charge is 2.29. The number of carbonyl (C=O) groups excluding carboxylic acids is 1. The van der Waals surface area contributed by atoms with Gasteiger partial charge >= 0.3 is 0 Å². The second-order valence-electron chi connectivity index (χ2n) is 5.04. The third kappa shape index (κ3) is 5.01. The Kier molecular flexibility index (Phi) is 5.40. The maximum absolute atomic E-state index is 11.4. The van der Waals surface area contributed by atoms with E-state index in [1.165, 1.54) is 37.7 Å². The van der Waals surface area contributed by atoms with E-state index in [9.17, 15) is 4.79 Å². The van der Waals surface area contributed by atoms with E-state index in [1.54, 1.807) is 0 Å². The van der Waals surface area contributed by atoms with Gasteiger partial charge in [0.15, 0.2) is 5.78 Å². The molecule has 2 rings (SSSR count). The Balaban J connectivity index is 1.43. The summed E-state index contributed by atoms with van der Waals surface area (Å²) in [5, 5.41) is 0. The summed E-state index contributed by atoms with van der Waals surface area (Å²) in [4.78, 5) is 11.4. The predicted molar refractivity (Wildman–Crippen MR) is 72.6 cm³/mol. The average molecular weight is 246 g/mol. The molecule has 2 nitrogen and oxygen atoms in total. The highest BCUT2D eigenvalue weighted by Crippen LogP contribution is 2.15. The van der Waals surface area contributed by atoms with Gasteiger partial charge in [0.05, 0.1) is 6.61 Å². The first kappa shape index (κ1) is 13.3. The summed E-state index contributed by atoms with van der Waals surface area (Å²) in [5.74, 6) is 0.305. The van der Waals surface area contributed by atoms with Crippen LogP contribution in [0.2, 0.25) is 0 Å². The van der Waals surface area contributed by atoms with E-state index in [-0.39, 0.29) is 6.10 Å². The van der Waals surface area contributed by atoms with E-state index in [0.29, 0.717) is 18.8 Å². The zero-order valence-corrected chi connectivity index (χ0v) is 10.9. The summed E-state index contributed by atoms with van der Waals surface area (Å²) in [7, 11) is 0. The fraction of sp³-hybridized carbons (Fsp3) is 0.562. The molecule has 1 fully saturated rings. The minimum atomic E-state index is -0.0388. The molecule has 1 heterocycles. The lowest BCUT2D eigenvalue weighted by molar-refractivity contribution is -0.120. The third-order valence-corrected chi connectivity index (χ3v) is 3.42. The summed E-state index contributed by atoms with van der Waals surface area (Å²) >= 11 is 0. The van der Waals surface area contributed by atoms with Crippen molar-refractivity contribution in [3.05, 3.63) is 35.9 Å². The van der Waals surface area contributed by atoms with Gasteiger partial charge in [-0.1, -0.05) is 49.6 Å². The first-order valence-corrected chi connectivity index (χ1v) is 7.04. The van der Waals surface area contributed by atoms with Gasteiger partial charge in [-0.05, 0) is 24.8 Å². The quantitative estimate of drug-likeness (QED) is 0.492. The molecule has 98 valence electrons. The van der Waals surface area contributed by atoms with Crippen molar-refractivity contribution in [2.75, 3.05) is 6.61 Å². The van der Waals surface area contributed by atoms with Gasteiger partial charge in [-0.3, -0.25) is 4.79 Å². The fourth-order valence-corrected chi connectivity index (χ4v) is 2.20. The number of unbranched alkanes of at least 4 members (excludes halogenated alkanes) is 4. The number of rotatable bonds is 9. The molecule has 1 saturated heterocycles. The van der Waals surface area contributed by atoms with Crippen LogP contribution in [-0.2, 0) is 16.0 Å². The molecule has 0 spiro atoms. The SMILES string of the molecule is O=C(CCCCCCCc1ccccc1)C1CO1. The van der Waals surface area contributed by atoms with Crippen LogP contribution in [0.3, 0.4) is 0 Å². The number of Topliss-reactive ketones (excluding diaryl/α,β-unsaturated/α-hetero) is 1. The van der Waals surface area contributed by atoms with Gasteiger partial charge < -0.3 is 4.74 Å². The van der Waals surface area contributed by atoms with Gasteiger partial charge in [0.1, 0.15) is 6.10 Å². The van der Waals surface area contributed by atoms with E-state index in [1.807, 2.05) is 0 Å². The van der Waals surface area contributed by atoms with Crippen LogP contribution < -0.4 is 0 Å². The number of ketones is 1. The van der Waals surface area contributed by atoms with Gasteiger partial charge in [0.25, 0.3) is 0 Å². The minimum absolute atomic E-state index is 0.0388. The lowest BCUT2D eigenvalue weighted by atomic mass is 10.0. The molecule has 1 aromatic carbocycles. The van der Waals surface area contributed by atoms with Crippen molar-refractivity contribution in [2.45, 2.75) is 51.0 Å². The van der Waals surface area contributed by atoms with Crippen LogP contribution in [0.25, 0.3) is 0 Å². The molecule has 1 aliphatic rings. The van der Waals surface area contributed by atoms with Crippen molar-refractivity contribution in [3.63, 3.8) is 0 Å². The van der Waals surface area contributed by atoms with Crippen LogP contribution in [0.15, 0.2) is 30.3 Å². The normalized spacial score (nSPS) is 17.7. The maximum atomic E-state index is 11.4. The van der Waals surface area contributed by atoms with Gasteiger partial charge in [-0.2, -0.15) is 0 Å². The van der Waals surface area contributed by atoms with Crippen molar-refractivity contribution in [1.82, 2.24) is 0 Å². The van der Waals surface area contributed by atoms with Crippen LogP contribution in [0, 0.1) is 0 Å². The monoisotopic (exact) mass is 246 g/mol. The largest absolute Gasteiger partial charge is 0.365 e. The summed E-state index contributed by atoms with van der Waals surface area (Å²) in [5.41, 5.74) is 1.43. The number of aryl methyl sites for hydroxylation is 1. The average Bonchev–Trinajstić information content (AvgIpc) is 3.23. The highest BCUT2D eigenvalue weighted by molar-refractivity contribution is 5.84. The Morgan fingerprint density at radius 2 is 1.72 bits per heavy atom. The lowest BCUT2D eigenvalue weighted by Gasteiger charge is -2.02. The van der Waals surface area contributed by atoms with Gasteiger partial charge in [-0.15, -0.1) is 0 Å². The van der Waals surface area contributed by atoms with E-state index in [4.69, 9.17) is 4.74 Å². The molecule has 0 N–H and O–H groups in total. The standard InChI is InChI=1S/C16H22O2/c17-15(16-13-18-16)12-8-3-1-2-5-9-14-10-6-4-7-11-14/h4,6-7,10-11,16H,1-3,5,8-9,12-13H2. The molecule has 0 aromatic heterocycles. The number of hydrogen-bond donors (Lipinski definition) is 0. The molecule has 1 atom stereocenters. The molecule has 1 unspecified atom stereocenters. The Hall–Kier alpha value is -1.15. The second kappa shape index (κ2) is 7.32. The Labute approximate surface area is 109 Å². The van der Waals surface area contributed by atoms with Crippen LogP contribution in [0.4, 0.5) is 0 Å². The summed E-state index contributed by atoms with van der Waals surface area (Å²) in [6, 6.07) is 10.6. The molecular weight excluding hydrogens is 224 g/mol. The van der Waals surface area contributed by atoms with E-state index >= 15 is 0 Å². The molecule has 18 heavy (non-hydrogen) atoms. The first-order chi connectivity index (χ1) is 8.86. The molecule has 0 amide bonds. The minimum Gasteiger partial charge on any atom is -0.365 e. The maximum Gasteiger partial charge on any atom is 0.163 e. The van der Waals surface area contributed by atoms with Crippen LogP contribution in [0.1, 0.15) is 44.1 Å². The molecule has 2 heteroatoms. The van der Waals surface area contributed by atoms with Crippen molar-refractivity contribution >= 4 is 5.78 Å². The van der Waals surface area contributed by atoms with Gasteiger partial charge in [0.2, 0.25) is 0 Å². The van der Waals surface area contributed by atoms with E-state index in [0.717, 1.165) is 6.42 Å². The molecule has 1 aliphatic heterocycles. The number of hydrogen-bond acceptors (Lipinski definition) is 2. The molecule has 0 saturated carbocycles. The van der Waals surface area contributed by atoms with E-state index < -0.39 is 0 Å². The zero-order chi connectivity index (χ0) is 12.6. The first-order valence-electron chi connectivity index (χ1n) is 7.04. The Morgan fingerprint density at radius 1 is 1.06 bits per heavy atom. The molecule has 0 radical (unpaired) electrons. The molecule has 0 aliphatic carbocycles. The number of ether oxygens (including phenoxy) is 1. The van der Waals surface area contributed by atoms with Crippen LogP contribution in [-0.4, -0.2) is 18.5 Å². The molecule has 0 bridgehead atoms. The van der Waals surface area contributed by atoms with Crippen LogP contribution in [0.5, 0.6) is 0 Å². The van der Waals surface area contributed by atoms with Gasteiger partial charge in [-0.25, -0.2) is 0 Å². The Bertz CT molecular complexity index is 355. The fourth-order valence-electron chi connectivity index (χ4n) is 2.20. The third-order valence-electron chi connectivity index (χ3n) is 3.42. The predicted octanol–water partition coefficient (Wildman–Crippen LogP) is 3.54. The van der Waals surface area contributed by atoms with Gasteiger partial charge in [0, 0.05) is 6.42 Å². The van der Waals surface area contributed by atoms with Crippen LogP contribution >= 0.6 is 0 Å². The van der Waals surface area contributed by atoms with Crippen molar-refractivity contribution in [2.24, 2.45) is 0 Å².